The standard InChI is InChI=1S/C19H20ClN5O3.ClH/c1-2-28-19(27)14-11-25-16(18(26)22-14)15(12-5-3-4-6-13(12)20)17(23-25)24-9-7-21-8-10-24;/h3-6,11,21H,2,7-10H2,1H3,(H,22,26);1H. The number of ether oxygens (including phenoxy) is 1. The molecule has 0 saturated carbocycles. The first-order valence-corrected chi connectivity index (χ1v) is 9.51. The third kappa shape index (κ3) is 3.96. The summed E-state index contributed by atoms with van der Waals surface area (Å²) in [6.07, 6.45) is 1.49. The molecule has 0 spiro atoms. The molecule has 1 fully saturated rings. The van der Waals surface area contributed by atoms with Crippen molar-refractivity contribution in [2.75, 3.05) is 37.7 Å². The van der Waals surface area contributed by atoms with Gasteiger partial charge in [-0.3, -0.25) is 4.79 Å². The van der Waals surface area contributed by atoms with Gasteiger partial charge >= 0.3 is 5.97 Å². The van der Waals surface area contributed by atoms with Crippen molar-refractivity contribution in [3.63, 3.8) is 0 Å². The summed E-state index contributed by atoms with van der Waals surface area (Å²) in [6, 6.07) is 7.35. The van der Waals surface area contributed by atoms with E-state index in [2.05, 4.69) is 20.3 Å². The van der Waals surface area contributed by atoms with E-state index in [0.717, 1.165) is 31.7 Å². The third-order valence-corrected chi connectivity index (χ3v) is 4.99. The topological polar surface area (TPSA) is 91.7 Å². The molecule has 0 amide bonds. The molecule has 8 nitrogen and oxygen atoms in total. The summed E-state index contributed by atoms with van der Waals surface area (Å²) in [4.78, 5) is 29.7. The van der Waals surface area contributed by atoms with Gasteiger partial charge in [0.2, 0.25) is 0 Å². The third-order valence-electron chi connectivity index (χ3n) is 4.66. The molecule has 1 aliphatic rings. The fourth-order valence-corrected chi connectivity index (χ4v) is 3.62. The van der Waals surface area contributed by atoms with E-state index in [9.17, 15) is 9.59 Å². The van der Waals surface area contributed by atoms with E-state index in [4.69, 9.17) is 16.3 Å². The van der Waals surface area contributed by atoms with Gasteiger partial charge in [0, 0.05) is 36.8 Å². The Morgan fingerprint density at radius 1 is 1.28 bits per heavy atom. The Hall–Kier alpha value is -2.55. The van der Waals surface area contributed by atoms with Crippen molar-refractivity contribution in [1.82, 2.24) is 19.9 Å². The number of nitrogens with one attached hydrogen (secondary N) is 2. The summed E-state index contributed by atoms with van der Waals surface area (Å²) in [5, 5.41) is 8.48. The first-order chi connectivity index (χ1) is 13.6. The molecule has 29 heavy (non-hydrogen) atoms. The van der Waals surface area contributed by atoms with Crippen LogP contribution < -0.4 is 15.8 Å². The average Bonchev–Trinajstić information content (AvgIpc) is 3.09. The van der Waals surface area contributed by atoms with Crippen molar-refractivity contribution >= 4 is 41.3 Å². The maximum atomic E-state index is 12.9. The Bertz CT molecular complexity index is 1090. The highest BCUT2D eigenvalue weighted by Gasteiger charge is 2.25. The van der Waals surface area contributed by atoms with Crippen molar-refractivity contribution in [2.45, 2.75) is 6.92 Å². The summed E-state index contributed by atoms with van der Waals surface area (Å²) in [5.41, 5.74) is 1.36. The molecule has 4 rings (SSSR count). The molecular formula is C19H21Cl2N5O3. The second-order valence-corrected chi connectivity index (χ2v) is 6.83. The molecule has 2 aromatic heterocycles. The predicted molar refractivity (Wildman–Crippen MR) is 115 cm³/mol. The van der Waals surface area contributed by atoms with Gasteiger partial charge in [-0.1, -0.05) is 29.8 Å². The second-order valence-electron chi connectivity index (χ2n) is 6.43. The molecule has 3 aromatic rings. The molecule has 1 aliphatic heterocycles. The zero-order chi connectivity index (χ0) is 19.7. The van der Waals surface area contributed by atoms with Crippen molar-refractivity contribution < 1.29 is 9.53 Å². The van der Waals surface area contributed by atoms with Crippen LogP contribution >= 0.6 is 24.0 Å². The number of H-pyrrole nitrogens is 1. The molecule has 1 saturated heterocycles. The fraction of sp³-hybridized carbons (Fsp3) is 0.316. The second kappa shape index (κ2) is 8.86. The van der Waals surface area contributed by atoms with Crippen molar-refractivity contribution in [2.24, 2.45) is 0 Å². The Morgan fingerprint density at radius 3 is 2.69 bits per heavy atom. The normalized spacial score (nSPS) is 13.9. The average molecular weight is 438 g/mol. The predicted octanol–water partition coefficient (Wildman–Crippen LogP) is 2.35. The number of anilines is 1. The Labute approximate surface area is 178 Å². The summed E-state index contributed by atoms with van der Waals surface area (Å²) in [7, 11) is 0. The molecule has 0 unspecified atom stereocenters. The summed E-state index contributed by atoms with van der Waals surface area (Å²) >= 11 is 6.45. The lowest BCUT2D eigenvalue weighted by atomic mass is 10.1. The Morgan fingerprint density at radius 2 is 2.00 bits per heavy atom. The van der Waals surface area contributed by atoms with Gasteiger partial charge < -0.3 is 19.9 Å². The Kier molecular flexibility index (Phi) is 6.46. The van der Waals surface area contributed by atoms with E-state index in [1.165, 1.54) is 10.7 Å². The highest BCUT2D eigenvalue weighted by Crippen LogP contribution is 2.37. The number of halogens is 2. The first kappa shape index (κ1) is 21.2. The summed E-state index contributed by atoms with van der Waals surface area (Å²) in [5.74, 6) is 0.0705. The number of piperazine rings is 1. The number of benzene rings is 1. The van der Waals surface area contributed by atoms with Gasteiger partial charge in [0.05, 0.1) is 18.4 Å². The Balaban J connectivity index is 0.00000240. The lowest BCUT2D eigenvalue weighted by Gasteiger charge is -2.28. The number of fused-ring (bicyclic) bond motifs is 1. The number of rotatable bonds is 4. The van der Waals surface area contributed by atoms with Crippen molar-refractivity contribution in [3.8, 4) is 11.1 Å². The van der Waals surface area contributed by atoms with Crippen LogP contribution in [-0.4, -0.2) is 53.4 Å². The van der Waals surface area contributed by atoms with E-state index in [0.29, 0.717) is 21.9 Å². The molecular weight excluding hydrogens is 417 g/mol. The highest BCUT2D eigenvalue weighted by molar-refractivity contribution is 6.33. The zero-order valence-electron chi connectivity index (χ0n) is 15.8. The van der Waals surface area contributed by atoms with E-state index >= 15 is 0 Å². The van der Waals surface area contributed by atoms with Crippen LogP contribution in [0.15, 0.2) is 35.3 Å². The van der Waals surface area contributed by atoms with Crippen LogP contribution in [0.5, 0.6) is 0 Å². The van der Waals surface area contributed by atoms with Gasteiger partial charge in [-0.2, -0.15) is 0 Å². The minimum Gasteiger partial charge on any atom is -0.461 e. The largest absolute Gasteiger partial charge is 0.461 e. The maximum Gasteiger partial charge on any atom is 0.356 e. The number of hydrogen-bond acceptors (Lipinski definition) is 6. The van der Waals surface area contributed by atoms with Crippen molar-refractivity contribution in [3.05, 3.63) is 51.5 Å². The number of hydrogen-bond donors (Lipinski definition) is 2. The molecule has 0 bridgehead atoms. The molecule has 0 atom stereocenters. The van der Waals surface area contributed by atoms with Gasteiger partial charge in [-0.15, -0.1) is 17.5 Å². The number of carbonyl (C=O) groups excluding carboxylic acids is 1. The monoisotopic (exact) mass is 437 g/mol. The van der Waals surface area contributed by atoms with Crippen LogP contribution in [0.4, 0.5) is 5.82 Å². The fourth-order valence-electron chi connectivity index (χ4n) is 3.39. The minimum absolute atomic E-state index is 0. The van der Waals surface area contributed by atoms with E-state index < -0.39 is 11.5 Å². The summed E-state index contributed by atoms with van der Waals surface area (Å²) in [6.45, 7) is 5.07. The number of esters is 1. The molecule has 10 heteroatoms. The maximum absolute atomic E-state index is 12.9. The van der Waals surface area contributed by atoms with Gasteiger partial charge in [0.25, 0.3) is 5.56 Å². The molecule has 1 aromatic carbocycles. The smallest absolute Gasteiger partial charge is 0.356 e. The molecule has 2 N–H and O–H groups in total. The van der Waals surface area contributed by atoms with Gasteiger partial charge in [-0.25, -0.2) is 9.31 Å². The van der Waals surface area contributed by atoms with Crippen LogP contribution in [0.25, 0.3) is 16.6 Å². The highest BCUT2D eigenvalue weighted by atomic mass is 35.5. The number of aromatic amines is 1. The lowest BCUT2D eigenvalue weighted by Crippen LogP contribution is -2.43. The van der Waals surface area contributed by atoms with Crippen LogP contribution in [-0.2, 0) is 4.74 Å². The van der Waals surface area contributed by atoms with Gasteiger partial charge in [0.1, 0.15) is 11.2 Å². The first-order valence-electron chi connectivity index (χ1n) is 9.13. The van der Waals surface area contributed by atoms with E-state index in [1.54, 1.807) is 13.0 Å². The lowest BCUT2D eigenvalue weighted by molar-refractivity contribution is 0.0518. The number of nitrogens with zero attached hydrogens (tertiary/aromatic N) is 3. The SMILES string of the molecule is CCOC(=O)c1cn2nc(N3CCNCC3)c(-c3ccccc3Cl)c2c(=O)[nH]1.Cl. The molecule has 0 aliphatic carbocycles. The van der Waals surface area contributed by atoms with Crippen LogP contribution in [0.1, 0.15) is 17.4 Å². The molecule has 0 radical (unpaired) electrons. The van der Waals surface area contributed by atoms with Crippen LogP contribution in [0.2, 0.25) is 5.02 Å². The summed E-state index contributed by atoms with van der Waals surface area (Å²) < 4.78 is 6.44. The van der Waals surface area contributed by atoms with Crippen LogP contribution in [0.3, 0.4) is 0 Å². The van der Waals surface area contributed by atoms with E-state index in [1.807, 2.05) is 18.2 Å². The molecule has 3 heterocycles. The van der Waals surface area contributed by atoms with Gasteiger partial charge in [-0.05, 0) is 13.0 Å². The van der Waals surface area contributed by atoms with Crippen LogP contribution in [0, 0.1) is 0 Å². The number of carbonyl (C=O) groups is 1. The zero-order valence-corrected chi connectivity index (χ0v) is 17.3. The number of aromatic nitrogens is 3. The van der Waals surface area contributed by atoms with Gasteiger partial charge in [0.15, 0.2) is 5.82 Å². The van der Waals surface area contributed by atoms with E-state index in [-0.39, 0.29) is 24.7 Å². The minimum atomic E-state index is -0.597. The molecule has 154 valence electrons. The van der Waals surface area contributed by atoms with Crippen molar-refractivity contribution in [1.29, 1.82) is 0 Å². The quantitative estimate of drug-likeness (QED) is 0.608.